The lowest BCUT2D eigenvalue weighted by Crippen LogP contribution is -2.40. The summed E-state index contributed by atoms with van der Waals surface area (Å²) >= 11 is 6.14. The molecule has 0 radical (unpaired) electrons. The number of nitrogens with one attached hydrogen (secondary N) is 1. The summed E-state index contributed by atoms with van der Waals surface area (Å²) in [5.41, 5.74) is 0.717. The summed E-state index contributed by atoms with van der Waals surface area (Å²) in [5, 5.41) is 14.3. The van der Waals surface area contributed by atoms with Gasteiger partial charge in [0.15, 0.2) is 5.96 Å². The van der Waals surface area contributed by atoms with Crippen molar-refractivity contribution in [3.8, 4) is 0 Å². The van der Waals surface area contributed by atoms with Crippen LogP contribution in [0.1, 0.15) is 31.9 Å². The lowest BCUT2D eigenvalue weighted by molar-refractivity contribution is 0.114. The third kappa shape index (κ3) is 6.92. The van der Waals surface area contributed by atoms with E-state index in [2.05, 4.69) is 15.2 Å². The van der Waals surface area contributed by atoms with Crippen molar-refractivity contribution in [3.63, 3.8) is 0 Å². The van der Waals surface area contributed by atoms with E-state index in [9.17, 15) is 5.11 Å². The highest BCUT2D eigenvalue weighted by Gasteiger charge is 2.25. The van der Waals surface area contributed by atoms with Crippen molar-refractivity contribution in [2.45, 2.75) is 26.4 Å². The van der Waals surface area contributed by atoms with E-state index in [0.717, 1.165) is 50.8 Å². The number of guanidine groups is 1. The minimum Gasteiger partial charge on any atom is -0.386 e. The Morgan fingerprint density at radius 3 is 2.88 bits per heavy atom. The summed E-state index contributed by atoms with van der Waals surface area (Å²) in [4.78, 5) is 6.85. The third-order valence-corrected chi connectivity index (χ3v) is 4.50. The predicted molar refractivity (Wildman–Crippen MR) is 114 cm³/mol. The molecule has 0 aromatic heterocycles. The zero-order valence-electron chi connectivity index (χ0n) is 14.9. The van der Waals surface area contributed by atoms with Crippen molar-refractivity contribution in [2.24, 2.45) is 10.9 Å². The number of likely N-dealkylation sites (tertiary alicyclic amines) is 1. The minimum absolute atomic E-state index is 0. The van der Waals surface area contributed by atoms with Crippen molar-refractivity contribution in [3.05, 3.63) is 34.9 Å². The van der Waals surface area contributed by atoms with E-state index in [1.165, 1.54) is 0 Å². The van der Waals surface area contributed by atoms with Gasteiger partial charge in [0.25, 0.3) is 0 Å². The number of hydrogen-bond acceptors (Lipinski definition) is 3. The van der Waals surface area contributed by atoms with Crippen molar-refractivity contribution in [1.29, 1.82) is 0 Å². The summed E-state index contributed by atoms with van der Waals surface area (Å²) in [6.07, 6.45) is 0.409. The molecule has 5 nitrogen and oxygen atoms in total. The maximum atomic E-state index is 10.4. The molecule has 1 saturated heterocycles. The highest BCUT2D eigenvalue weighted by Crippen LogP contribution is 2.23. The fourth-order valence-electron chi connectivity index (χ4n) is 2.89. The highest BCUT2D eigenvalue weighted by atomic mass is 127. The van der Waals surface area contributed by atoms with Gasteiger partial charge in [-0.25, -0.2) is 0 Å². The molecule has 0 amide bonds. The van der Waals surface area contributed by atoms with Crippen LogP contribution in [0.3, 0.4) is 0 Å². The SMILES string of the molecule is CCNC(=NCC(O)c1ccccc1Cl)N1CCC(COCC)C1.I. The predicted octanol–water partition coefficient (Wildman–Crippen LogP) is 3.32. The van der Waals surface area contributed by atoms with Gasteiger partial charge in [0.2, 0.25) is 0 Å². The molecule has 0 spiro atoms. The highest BCUT2D eigenvalue weighted by molar-refractivity contribution is 14.0. The molecular formula is C18H29ClIN3O2. The lowest BCUT2D eigenvalue weighted by atomic mass is 10.1. The van der Waals surface area contributed by atoms with Crippen molar-refractivity contribution >= 4 is 41.5 Å². The van der Waals surface area contributed by atoms with Gasteiger partial charge in [-0.3, -0.25) is 4.99 Å². The normalized spacial score (nSPS) is 18.8. The van der Waals surface area contributed by atoms with Gasteiger partial charge in [0.1, 0.15) is 6.10 Å². The van der Waals surface area contributed by atoms with Gasteiger partial charge in [-0.1, -0.05) is 29.8 Å². The Morgan fingerprint density at radius 2 is 2.20 bits per heavy atom. The lowest BCUT2D eigenvalue weighted by Gasteiger charge is -2.22. The average molecular weight is 482 g/mol. The fraction of sp³-hybridized carbons (Fsp3) is 0.611. The molecular weight excluding hydrogens is 453 g/mol. The average Bonchev–Trinajstić information content (AvgIpc) is 3.05. The van der Waals surface area contributed by atoms with E-state index in [4.69, 9.17) is 16.3 Å². The van der Waals surface area contributed by atoms with Crippen LogP contribution in [0.2, 0.25) is 5.02 Å². The van der Waals surface area contributed by atoms with Crippen LogP contribution in [0.15, 0.2) is 29.3 Å². The Hall–Kier alpha value is -0.570. The Labute approximate surface area is 172 Å². The molecule has 25 heavy (non-hydrogen) atoms. The van der Waals surface area contributed by atoms with Crippen LogP contribution in [0.5, 0.6) is 0 Å². The summed E-state index contributed by atoms with van der Waals surface area (Å²) < 4.78 is 5.53. The molecule has 0 bridgehead atoms. The number of rotatable bonds is 7. The van der Waals surface area contributed by atoms with Gasteiger partial charge in [0.05, 0.1) is 13.2 Å². The van der Waals surface area contributed by atoms with E-state index >= 15 is 0 Å². The molecule has 2 atom stereocenters. The van der Waals surface area contributed by atoms with Crippen LogP contribution in [-0.4, -0.2) is 55.4 Å². The Bertz CT molecular complexity index is 545. The van der Waals surface area contributed by atoms with Crippen LogP contribution >= 0.6 is 35.6 Å². The maximum Gasteiger partial charge on any atom is 0.194 e. The summed E-state index contributed by atoms with van der Waals surface area (Å²) in [6.45, 7) is 8.62. The zero-order valence-corrected chi connectivity index (χ0v) is 18.0. The number of benzene rings is 1. The molecule has 7 heteroatoms. The van der Waals surface area contributed by atoms with Gasteiger partial charge in [0, 0.05) is 42.7 Å². The number of hydrogen-bond donors (Lipinski definition) is 2. The summed E-state index contributed by atoms with van der Waals surface area (Å²) in [5.74, 6) is 1.39. The van der Waals surface area contributed by atoms with Crippen LogP contribution in [-0.2, 0) is 4.74 Å². The first-order chi connectivity index (χ1) is 11.7. The Balaban J connectivity index is 0.00000312. The molecule has 142 valence electrons. The smallest absolute Gasteiger partial charge is 0.194 e. The molecule has 1 heterocycles. The molecule has 2 rings (SSSR count). The number of aliphatic hydroxyl groups is 1. The Kier molecular flexibility index (Phi) is 10.7. The number of halogens is 2. The first-order valence-electron chi connectivity index (χ1n) is 8.69. The van der Waals surface area contributed by atoms with E-state index in [1.54, 1.807) is 6.07 Å². The van der Waals surface area contributed by atoms with E-state index in [1.807, 2.05) is 32.0 Å². The van der Waals surface area contributed by atoms with E-state index < -0.39 is 6.10 Å². The van der Waals surface area contributed by atoms with Gasteiger partial charge >= 0.3 is 0 Å². The molecule has 1 aliphatic heterocycles. The van der Waals surface area contributed by atoms with Crippen LogP contribution < -0.4 is 5.32 Å². The van der Waals surface area contributed by atoms with Gasteiger partial charge in [-0.2, -0.15) is 0 Å². The summed E-state index contributed by atoms with van der Waals surface area (Å²) in [6, 6.07) is 7.35. The maximum absolute atomic E-state index is 10.4. The monoisotopic (exact) mass is 481 g/mol. The molecule has 0 saturated carbocycles. The zero-order chi connectivity index (χ0) is 17.4. The molecule has 1 aromatic carbocycles. The number of aliphatic imine (C=N–C) groups is 1. The standard InChI is InChI=1S/C18H28ClN3O2.HI/c1-3-20-18(22-10-9-14(12-22)13-24-4-2)21-11-17(23)15-7-5-6-8-16(15)19;/h5-8,14,17,23H,3-4,9-13H2,1-2H3,(H,20,21);1H. The Morgan fingerprint density at radius 1 is 1.44 bits per heavy atom. The van der Waals surface area contributed by atoms with E-state index in [0.29, 0.717) is 17.5 Å². The molecule has 1 fully saturated rings. The minimum atomic E-state index is -0.700. The fourth-order valence-corrected chi connectivity index (χ4v) is 3.15. The first kappa shape index (κ1) is 22.5. The second kappa shape index (κ2) is 11.9. The largest absolute Gasteiger partial charge is 0.386 e. The number of nitrogens with zero attached hydrogens (tertiary/aromatic N) is 2. The summed E-state index contributed by atoms with van der Waals surface area (Å²) in [7, 11) is 0. The van der Waals surface area contributed by atoms with Crippen LogP contribution in [0, 0.1) is 5.92 Å². The quantitative estimate of drug-likeness (QED) is 0.356. The molecule has 2 unspecified atom stereocenters. The van der Waals surface area contributed by atoms with Crippen LogP contribution in [0.4, 0.5) is 0 Å². The topological polar surface area (TPSA) is 57.1 Å². The van der Waals surface area contributed by atoms with Crippen LogP contribution in [0.25, 0.3) is 0 Å². The number of aliphatic hydroxyl groups excluding tert-OH is 1. The third-order valence-electron chi connectivity index (χ3n) is 4.16. The second-order valence-corrected chi connectivity index (χ2v) is 6.40. The first-order valence-corrected chi connectivity index (χ1v) is 9.07. The second-order valence-electron chi connectivity index (χ2n) is 5.99. The molecule has 1 aromatic rings. The van der Waals surface area contributed by atoms with Crippen molar-refractivity contribution < 1.29 is 9.84 Å². The molecule has 0 aliphatic carbocycles. The molecule has 1 aliphatic rings. The van der Waals surface area contributed by atoms with Gasteiger partial charge < -0.3 is 20.1 Å². The van der Waals surface area contributed by atoms with E-state index in [-0.39, 0.29) is 24.0 Å². The van der Waals surface area contributed by atoms with Gasteiger partial charge in [-0.15, -0.1) is 24.0 Å². The van der Waals surface area contributed by atoms with Gasteiger partial charge in [-0.05, 0) is 26.3 Å². The van der Waals surface area contributed by atoms with Crippen molar-refractivity contribution in [1.82, 2.24) is 10.2 Å². The molecule has 2 N–H and O–H groups in total. The number of ether oxygens (including phenoxy) is 1. The van der Waals surface area contributed by atoms with Crippen molar-refractivity contribution in [2.75, 3.05) is 39.4 Å².